The number of amides is 1. The van der Waals surface area contributed by atoms with Gasteiger partial charge in [-0.3, -0.25) is 4.79 Å². The van der Waals surface area contributed by atoms with Gasteiger partial charge in [-0.15, -0.1) is 0 Å². The monoisotopic (exact) mass is 256 g/mol. The normalized spacial score (nSPS) is 12.6. The van der Waals surface area contributed by atoms with E-state index in [9.17, 15) is 4.79 Å². The average Bonchev–Trinajstić information content (AvgIpc) is 2.15. The zero-order valence-corrected chi connectivity index (χ0v) is 13.2. The predicted octanol–water partition coefficient (Wildman–Crippen LogP) is 3.32. The second-order valence-corrected chi connectivity index (χ2v) is 6.60. The summed E-state index contributed by atoms with van der Waals surface area (Å²) in [5, 5.41) is 0. The van der Waals surface area contributed by atoms with Gasteiger partial charge >= 0.3 is 0 Å². The molecule has 0 saturated carbocycles. The summed E-state index contributed by atoms with van der Waals surface area (Å²) in [6.45, 7) is 13.3. The Morgan fingerprint density at radius 3 is 2.00 bits per heavy atom. The molecule has 0 saturated heterocycles. The molecule has 0 heterocycles. The van der Waals surface area contributed by atoms with E-state index in [1.807, 2.05) is 18.7 Å². The Morgan fingerprint density at radius 1 is 1.06 bits per heavy atom. The van der Waals surface area contributed by atoms with E-state index < -0.39 is 0 Å². The lowest BCUT2D eigenvalue weighted by Crippen LogP contribution is -2.50. The summed E-state index contributed by atoms with van der Waals surface area (Å²) in [7, 11) is 0. The molecule has 0 aliphatic carbocycles. The molecule has 1 amide bonds. The number of nitrogens with zero attached hydrogens (tertiary/aromatic N) is 1. The maximum Gasteiger partial charge on any atom is 0.222 e. The zero-order valence-electron chi connectivity index (χ0n) is 13.2. The van der Waals surface area contributed by atoms with E-state index in [1.165, 1.54) is 0 Å². The van der Waals surface area contributed by atoms with Crippen molar-refractivity contribution in [1.29, 1.82) is 0 Å². The van der Waals surface area contributed by atoms with Crippen LogP contribution in [0.25, 0.3) is 0 Å². The molecular formula is C15H32N2O. The fourth-order valence-corrected chi connectivity index (χ4v) is 2.26. The SMILES string of the molecule is CCCC(=O)N(CCC(C)(C)N)C(C)(C)CCC. The van der Waals surface area contributed by atoms with Gasteiger partial charge in [0.1, 0.15) is 0 Å². The highest BCUT2D eigenvalue weighted by atomic mass is 16.2. The van der Waals surface area contributed by atoms with Gasteiger partial charge in [0.05, 0.1) is 0 Å². The van der Waals surface area contributed by atoms with Crippen LogP contribution in [0.1, 0.15) is 73.6 Å². The van der Waals surface area contributed by atoms with Crippen LogP contribution < -0.4 is 5.73 Å². The molecular weight excluding hydrogens is 224 g/mol. The van der Waals surface area contributed by atoms with Gasteiger partial charge in [-0.2, -0.15) is 0 Å². The Kier molecular flexibility index (Phi) is 6.90. The molecule has 0 aromatic carbocycles. The molecule has 0 rings (SSSR count). The number of nitrogens with two attached hydrogens (primary N) is 1. The molecule has 0 aliphatic heterocycles. The van der Waals surface area contributed by atoms with Gasteiger partial charge in [0.2, 0.25) is 5.91 Å². The van der Waals surface area contributed by atoms with Gasteiger partial charge in [-0.05, 0) is 47.0 Å². The highest BCUT2D eigenvalue weighted by Gasteiger charge is 2.30. The molecule has 2 N–H and O–H groups in total. The van der Waals surface area contributed by atoms with Crippen molar-refractivity contribution < 1.29 is 4.79 Å². The van der Waals surface area contributed by atoms with Crippen molar-refractivity contribution in [2.24, 2.45) is 5.73 Å². The first-order chi connectivity index (χ1) is 8.14. The first kappa shape index (κ1) is 17.4. The number of carbonyl (C=O) groups excluding carboxylic acids is 1. The van der Waals surface area contributed by atoms with Gasteiger partial charge in [0.15, 0.2) is 0 Å². The second kappa shape index (κ2) is 7.13. The summed E-state index contributed by atoms with van der Waals surface area (Å²) in [6, 6.07) is 0. The van der Waals surface area contributed by atoms with Gasteiger partial charge in [0, 0.05) is 24.0 Å². The van der Waals surface area contributed by atoms with Crippen LogP contribution in [0.5, 0.6) is 0 Å². The lowest BCUT2D eigenvalue weighted by molar-refractivity contribution is -0.137. The fraction of sp³-hybridized carbons (Fsp3) is 0.933. The summed E-state index contributed by atoms with van der Waals surface area (Å²) < 4.78 is 0. The molecule has 0 aromatic rings. The predicted molar refractivity (Wildman–Crippen MR) is 78.5 cm³/mol. The number of carbonyl (C=O) groups is 1. The molecule has 0 aromatic heterocycles. The smallest absolute Gasteiger partial charge is 0.222 e. The molecule has 0 aliphatic rings. The minimum atomic E-state index is -0.215. The maximum absolute atomic E-state index is 12.3. The number of rotatable bonds is 8. The Labute approximate surface area is 113 Å². The molecule has 18 heavy (non-hydrogen) atoms. The molecule has 108 valence electrons. The van der Waals surface area contributed by atoms with Gasteiger partial charge in [-0.1, -0.05) is 20.3 Å². The number of hydrogen-bond donors (Lipinski definition) is 1. The van der Waals surface area contributed by atoms with Crippen LogP contribution in [-0.2, 0) is 4.79 Å². The van der Waals surface area contributed by atoms with E-state index in [0.717, 1.165) is 32.2 Å². The van der Waals surface area contributed by atoms with Crippen molar-refractivity contribution >= 4 is 5.91 Å². The van der Waals surface area contributed by atoms with Crippen molar-refractivity contribution in [3.05, 3.63) is 0 Å². The minimum absolute atomic E-state index is 0.0632. The molecule has 0 unspecified atom stereocenters. The van der Waals surface area contributed by atoms with Crippen LogP contribution in [0.2, 0.25) is 0 Å². The van der Waals surface area contributed by atoms with Gasteiger partial charge < -0.3 is 10.6 Å². The van der Waals surface area contributed by atoms with Crippen molar-refractivity contribution in [1.82, 2.24) is 4.90 Å². The quantitative estimate of drug-likeness (QED) is 0.724. The first-order valence-corrected chi connectivity index (χ1v) is 7.23. The Hall–Kier alpha value is -0.570. The van der Waals surface area contributed by atoms with E-state index in [4.69, 9.17) is 5.73 Å². The zero-order chi connectivity index (χ0) is 14.4. The maximum atomic E-state index is 12.3. The molecule has 3 heteroatoms. The second-order valence-electron chi connectivity index (χ2n) is 6.60. The van der Waals surface area contributed by atoms with E-state index in [1.54, 1.807) is 0 Å². The summed E-state index contributed by atoms with van der Waals surface area (Å²) in [5.74, 6) is 0.264. The minimum Gasteiger partial charge on any atom is -0.338 e. The summed E-state index contributed by atoms with van der Waals surface area (Å²) in [6.07, 6.45) is 4.51. The highest BCUT2D eigenvalue weighted by molar-refractivity contribution is 5.76. The lowest BCUT2D eigenvalue weighted by Gasteiger charge is -2.40. The highest BCUT2D eigenvalue weighted by Crippen LogP contribution is 2.23. The summed E-state index contributed by atoms with van der Waals surface area (Å²) in [5.41, 5.74) is 5.76. The van der Waals surface area contributed by atoms with E-state index >= 15 is 0 Å². The number of hydrogen-bond acceptors (Lipinski definition) is 2. The standard InChI is InChI=1S/C15H32N2O/c1-7-9-13(18)17(12-11-14(3,4)16)15(5,6)10-8-2/h7-12,16H2,1-6H3. The van der Waals surface area contributed by atoms with Crippen molar-refractivity contribution in [2.75, 3.05) is 6.54 Å². The molecule has 3 nitrogen and oxygen atoms in total. The first-order valence-electron chi connectivity index (χ1n) is 7.23. The van der Waals surface area contributed by atoms with Gasteiger partial charge in [-0.25, -0.2) is 0 Å². The summed E-state index contributed by atoms with van der Waals surface area (Å²) >= 11 is 0. The third-order valence-corrected chi connectivity index (χ3v) is 3.34. The Morgan fingerprint density at radius 2 is 1.61 bits per heavy atom. The molecule has 0 atom stereocenters. The molecule has 0 bridgehead atoms. The summed E-state index contributed by atoms with van der Waals surface area (Å²) in [4.78, 5) is 14.3. The Balaban J connectivity index is 4.77. The molecule has 0 fully saturated rings. The fourth-order valence-electron chi connectivity index (χ4n) is 2.26. The van der Waals surface area contributed by atoms with Crippen LogP contribution in [0.3, 0.4) is 0 Å². The molecule has 0 spiro atoms. The van der Waals surface area contributed by atoms with Crippen LogP contribution in [0.15, 0.2) is 0 Å². The third kappa shape index (κ3) is 6.39. The van der Waals surface area contributed by atoms with E-state index in [0.29, 0.717) is 6.42 Å². The van der Waals surface area contributed by atoms with Crippen LogP contribution in [-0.4, -0.2) is 28.4 Å². The van der Waals surface area contributed by atoms with Crippen LogP contribution in [0, 0.1) is 0 Å². The third-order valence-electron chi connectivity index (χ3n) is 3.34. The van der Waals surface area contributed by atoms with E-state index in [2.05, 4.69) is 27.7 Å². The van der Waals surface area contributed by atoms with E-state index in [-0.39, 0.29) is 17.0 Å². The van der Waals surface area contributed by atoms with Crippen molar-refractivity contribution in [3.63, 3.8) is 0 Å². The van der Waals surface area contributed by atoms with Crippen LogP contribution in [0.4, 0.5) is 0 Å². The van der Waals surface area contributed by atoms with Crippen molar-refractivity contribution in [3.8, 4) is 0 Å². The van der Waals surface area contributed by atoms with Gasteiger partial charge in [0.25, 0.3) is 0 Å². The largest absolute Gasteiger partial charge is 0.338 e. The average molecular weight is 256 g/mol. The van der Waals surface area contributed by atoms with Crippen molar-refractivity contribution in [2.45, 2.75) is 84.7 Å². The Bertz CT molecular complexity index is 254. The molecule has 0 radical (unpaired) electrons. The van der Waals surface area contributed by atoms with Crippen LogP contribution >= 0.6 is 0 Å². The lowest BCUT2D eigenvalue weighted by atomic mass is 9.93. The topological polar surface area (TPSA) is 46.3 Å².